The van der Waals surface area contributed by atoms with Crippen LogP contribution >= 0.6 is 23.2 Å². The lowest BCUT2D eigenvalue weighted by Gasteiger charge is -2.10. The Morgan fingerprint density at radius 1 is 1.36 bits per heavy atom. The molecular weight excluding hydrogens is 333 g/mol. The first-order chi connectivity index (χ1) is 10.3. The van der Waals surface area contributed by atoms with Crippen LogP contribution in [-0.4, -0.2) is 21.9 Å². The predicted molar refractivity (Wildman–Crippen MR) is 83.0 cm³/mol. The fourth-order valence-electron chi connectivity index (χ4n) is 1.71. The third-order valence-corrected chi connectivity index (χ3v) is 3.43. The minimum atomic E-state index is -0.864. The van der Waals surface area contributed by atoms with Crippen molar-refractivity contribution < 1.29 is 9.53 Å². The SMILES string of the molecule is Cn1c(N)c(C(=O)COc2ccc(Cl)cc2Cl)c(=O)[nH]c1=O. The summed E-state index contributed by atoms with van der Waals surface area (Å²) in [5, 5.41) is 0.644. The zero-order chi connectivity index (χ0) is 16.4. The molecule has 0 unspecified atom stereocenters. The van der Waals surface area contributed by atoms with E-state index >= 15 is 0 Å². The van der Waals surface area contributed by atoms with Crippen LogP contribution in [0.4, 0.5) is 5.82 Å². The van der Waals surface area contributed by atoms with E-state index in [1.165, 1.54) is 19.2 Å². The van der Waals surface area contributed by atoms with Gasteiger partial charge in [-0.3, -0.25) is 19.1 Å². The number of carbonyl (C=O) groups excluding carboxylic acids is 1. The molecule has 0 aliphatic heterocycles. The van der Waals surface area contributed by atoms with Gasteiger partial charge < -0.3 is 10.5 Å². The van der Waals surface area contributed by atoms with E-state index in [1.807, 2.05) is 4.98 Å². The quantitative estimate of drug-likeness (QED) is 0.811. The average molecular weight is 344 g/mol. The normalized spacial score (nSPS) is 10.5. The van der Waals surface area contributed by atoms with E-state index in [0.29, 0.717) is 5.02 Å². The molecule has 1 heterocycles. The molecule has 22 heavy (non-hydrogen) atoms. The number of benzene rings is 1. The van der Waals surface area contributed by atoms with E-state index in [0.717, 1.165) is 4.57 Å². The Kier molecular flexibility index (Phi) is 4.58. The number of halogens is 2. The molecule has 116 valence electrons. The van der Waals surface area contributed by atoms with Crippen LogP contribution in [0.2, 0.25) is 10.0 Å². The summed E-state index contributed by atoms with van der Waals surface area (Å²) < 4.78 is 6.21. The molecule has 0 amide bonds. The van der Waals surface area contributed by atoms with Crippen molar-refractivity contribution in [3.05, 3.63) is 54.6 Å². The van der Waals surface area contributed by atoms with Crippen molar-refractivity contribution in [3.8, 4) is 5.75 Å². The van der Waals surface area contributed by atoms with Gasteiger partial charge in [0.1, 0.15) is 17.1 Å². The summed E-state index contributed by atoms with van der Waals surface area (Å²) >= 11 is 11.7. The zero-order valence-electron chi connectivity index (χ0n) is 11.4. The maximum atomic E-state index is 12.1. The van der Waals surface area contributed by atoms with Crippen molar-refractivity contribution in [3.63, 3.8) is 0 Å². The molecule has 0 aliphatic rings. The first-order valence-electron chi connectivity index (χ1n) is 6.01. The second-order valence-electron chi connectivity index (χ2n) is 4.37. The fourth-order valence-corrected chi connectivity index (χ4v) is 2.18. The van der Waals surface area contributed by atoms with Gasteiger partial charge in [-0.2, -0.15) is 0 Å². The van der Waals surface area contributed by atoms with Gasteiger partial charge in [-0.1, -0.05) is 23.2 Å². The highest BCUT2D eigenvalue weighted by Gasteiger charge is 2.19. The highest BCUT2D eigenvalue weighted by atomic mass is 35.5. The molecule has 0 bridgehead atoms. The molecule has 1 aromatic heterocycles. The number of hydrogen-bond donors (Lipinski definition) is 2. The van der Waals surface area contributed by atoms with Crippen LogP contribution in [0.25, 0.3) is 0 Å². The smallest absolute Gasteiger partial charge is 0.329 e. The van der Waals surface area contributed by atoms with Crippen molar-refractivity contribution in [2.45, 2.75) is 0 Å². The highest BCUT2D eigenvalue weighted by molar-refractivity contribution is 6.35. The summed E-state index contributed by atoms with van der Waals surface area (Å²) in [6.07, 6.45) is 0. The first kappa shape index (κ1) is 16.1. The van der Waals surface area contributed by atoms with Crippen LogP contribution in [0.1, 0.15) is 10.4 Å². The Hall–Kier alpha value is -2.25. The van der Waals surface area contributed by atoms with Crippen molar-refractivity contribution in [1.82, 2.24) is 9.55 Å². The third-order valence-electron chi connectivity index (χ3n) is 2.90. The number of carbonyl (C=O) groups is 1. The second kappa shape index (κ2) is 6.25. The van der Waals surface area contributed by atoms with E-state index in [-0.39, 0.29) is 22.2 Å². The van der Waals surface area contributed by atoms with Crippen LogP contribution in [0.15, 0.2) is 27.8 Å². The van der Waals surface area contributed by atoms with E-state index < -0.39 is 23.6 Å². The standard InChI is InChI=1S/C13H11Cl2N3O4/c1-18-11(16)10(12(20)17-13(18)21)8(19)5-22-9-3-2-6(14)4-7(9)15/h2-4H,5,16H2,1H3,(H,17,20,21). The fraction of sp³-hybridized carbons (Fsp3) is 0.154. The maximum Gasteiger partial charge on any atom is 0.329 e. The monoisotopic (exact) mass is 343 g/mol. The molecule has 2 rings (SSSR count). The molecule has 3 N–H and O–H groups in total. The third kappa shape index (κ3) is 3.15. The van der Waals surface area contributed by atoms with Crippen molar-refractivity contribution in [2.24, 2.45) is 7.05 Å². The van der Waals surface area contributed by atoms with Gasteiger partial charge in [0.25, 0.3) is 5.56 Å². The lowest BCUT2D eigenvalue weighted by Crippen LogP contribution is -2.36. The number of hydrogen-bond acceptors (Lipinski definition) is 5. The zero-order valence-corrected chi connectivity index (χ0v) is 12.9. The Labute approximate surface area is 134 Å². The van der Waals surface area contributed by atoms with Gasteiger partial charge in [0.15, 0.2) is 6.61 Å². The van der Waals surface area contributed by atoms with Gasteiger partial charge in [0.05, 0.1) is 5.02 Å². The van der Waals surface area contributed by atoms with Crippen LogP contribution < -0.4 is 21.7 Å². The number of nitrogens with one attached hydrogen (secondary N) is 1. The maximum absolute atomic E-state index is 12.1. The lowest BCUT2D eigenvalue weighted by atomic mass is 10.2. The molecule has 0 spiro atoms. The summed E-state index contributed by atoms with van der Waals surface area (Å²) in [4.78, 5) is 37.1. The molecule has 0 atom stereocenters. The number of nitrogens with zero attached hydrogens (tertiary/aromatic N) is 1. The number of nitrogen functional groups attached to an aromatic ring is 1. The average Bonchev–Trinajstić information content (AvgIpc) is 2.44. The highest BCUT2D eigenvalue weighted by Crippen LogP contribution is 2.27. The Morgan fingerprint density at radius 3 is 2.68 bits per heavy atom. The summed E-state index contributed by atoms with van der Waals surface area (Å²) in [6, 6.07) is 4.49. The van der Waals surface area contributed by atoms with Gasteiger partial charge >= 0.3 is 5.69 Å². The molecular formula is C13H11Cl2N3O4. The Bertz CT molecular complexity index is 857. The summed E-state index contributed by atoms with van der Waals surface area (Å²) in [5.74, 6) is -0.677. The number of ketones is 1. The van der Waals surface area contributed by atoms with Crippen molar-refractivity contribution in [1.29, 1.82) is 0 Å². The summed E-state index contributed by atoms with van der Waals surface area (Å²) in [7, 11) is 1.33. The van der Waals surface area contributed by atoms with Crippen LogP contribution in [-0.2, 0) is 7.05 Å². The van der Waals surface area contributed by atoms with E-state index in [2.05, 4.69) is 0 Å². The van der Waals surface area contributed by atoms with Crippen molar-refractivity contribution >= 4 is 34.8 Å². The predicted octanol–water partition coefficient (Wildman–Crippen LogP) is 1.22. The number of aromatic nitrogens is 2. The van der Waals surface area contributed by atoms with Gasteiger partial charge in [-0.15, -0.1) is 0 Å². The van der Waals surface area contributed by atoms with Crippen LogP contribution in [0.5, 0.6) is 5.75 Å². The number of nitrogens with two attached hydrogens (primary N) is 1. The number of ether oxygens (including phenoxy) is 1. The van der Waals surface area contributed by atoms with Gasteiger partial charge in [-0.25, -0.2) is 4.79 Å². The molecule has 0 fully saturated rings. The van der Waals surface area contributed by atoms with Gasteiger partial charge in [0, 0.05) is 12.1 Å². The van der Waals surface area contributed by atoms with E-state index in [1.54, 1.807) is 6.07 Å². The van der Waals surface area contributed by atoms with Crippen LogP contribution in [0.3, 0.4) is 0 Å². The lowest BCUT2D eigenvalue weighted by molar-refractivity contribution is 0.0920. The van der Waals surface area contributed by atoms with Crippen molar-refractivity contribution in [2.75, 3.05) is 12.3 Å². The van der Waals surface area contributed by atoms with Gasteiger partial charge in [0.2, 0.25) is 5.78 Å². The largest absolute Gasteiger partial charge is 0.484 e. The minimum absolute atomic E-state index is 0.225. The Balaban J connectivity index is 2.25. The molecule has 1 aromatic carbocycles. The molecule has 0 aliphatic carbocycles. The van der Waals surface area contributed by atoms with Crippen LogP contribution in [0, 0.1) is 0 Å². The summed E-state index contributed by atoms with van der Waals surface area (Å²) in [6.45, 7) is -0.465. The van der Waals surface area contributed by atoms with E-state index in [4.69, 9.17) is 33.7 Å². The molecule has 0 saturated heterocycles. The number of H-pyrrole nitrogens is 1. The minimum Gasteiger partial charge on any atom is -0.484 e. The summed E-state index contributed by atoms with van der Waals surface area (Å²) in [5.41, 5.74) is 3.71. The Morgan fingerprint density at radius 2 is 2.05 bits per heavy atom. The molecule has 9 heteroatoms. The molecule has 7 nitrogen and oxygen atoms in total. The molecule has 0 radical (unpaired) electrons. The van der Waals surface area contributed by atoms with Gasteiger partial charge in [-0.05, 0) is 18.2 Å². The number of anilines is 1. The number of aromatic amines is 1. The molecule has 0 saturated carbocycles. The molecule has 2 aromatic rings. The van der Waals surface area contributed by atoms with E-state index in [9.17, 15) is 14.4 Å². The topological polar surface area (TPSA) is 107 Å². The number of Topliss-reactive ketones (excluding diaryl/α,β-unsaturated/α-hetero) is 1. The first-order valence-corrected chi connectivity index (χ1v) is 6.76. The number of rotatable bonds is 4. The second-order valence-corrected chi connectivity index (χ2v) is 5.21.